The maximum absolute atomic E-state index is 4.26. The molecule has 0 bridgehead atoms. The highest BCUT2D eigenvalue weighted by Gasteiger charge is 2.06. The van der Waals surface area contributed by atoms with E-state index in [1.54, 1.807) is 0 Å². The summed E-state index contributed by atoms with van der Waals surface area (Å²) in [5, 5.41) is 7.60. The molecule has 0 atom stereocenters. The molecule has 4 nitrogen and oxygen atoms in total. The third-order valence-corrected chi connectivity index (χ3v) is 2.88. The Kier molecular flexibility index (Phi) is 4.60. The smallest absolute Gasteiger partial charge is 0.111 e. The minimum Gasteiger partial charge on any atom is -0.314 e. The summed E-state index contributed by atoms with van der Waals surface area (Å²) in [4.78, 5) is 2.38. The lowest BCUT2D eigenvalue weighted by molar-refractivity contribution is 0.268. The van der Waals surface area contributed by atoms with Crippen molar-refractivity contribution < 1.29 is 0 Å². The van der Waals surface area contributed by atoms with Crippen molar-refractivity contribution in [1.82, 2.24) is 20.0 Å². The first-order valence-corrected chi connectivity index (χ1v) is 6.34. The molecule has 0 saturated carbocycles. The van der Waals surface area contributed by atoms with Gasteiger partial charge in [-0.05, 0) is 18.4 Å². The zero-order valence-corrected chi connectivity index (χ0v) is 10.4. The maximum atomic E-state index is 4.26. The Morgan fingerprint density at radius 3 is 3.00 bits per heavy atom. The molecule has 0 aromatic carbocycles. The number of hydrogen-bond donors (Lipinski definition) is 1. The van der Waals surface area contributed by atoms with E-state index >= 15 is 0 Å². The van der Waals surface area contributed by atoms with Gasteiger partial charge in [0.2, 0.25) is 0 Å². The van der Waals surface area contributed by atoms with E-state index in [4.69, 9.17) is 0 Å². The fraction of sp³-hybridized carbons (Fsp3) is 0.615. The predicted molar refractivity (Wildman–Crippen MR) is 68.7 cm³/mol. The van der Waals surface area contributed by atoms with Crippen molar-refractivity contribution in [2.45, 2.75) is 19.9 Å². The Labute approximate surface area is 103 Å². The third kappa shape index (κ3) is 3.58. The molecule has 1 aliphatic rings. The quantitative estimate of drug-likeness (QED) is 0.773. The summed E-state index contributed by atoms with van der Waals surface area (Å²) in [5.41, 5.74) is 1.03. The molecule has 1 aromatic rings. The zero-order chi connectivity index (χ0) is 11.9. The van der Waals surface area contributed by atoms with Crippen molar-refractivity contribution >= 4 is 0 Å². The van der Waals surface area contributed by atoms with Gasteiger partial charge in [0, 0.05) is 32.7 Å². The Morgan fingerprint density at radius 1 is 1.41 bits per heavy atom. The fourth-order valence-electron chi connectivity index (χ4n) is 1.94. The highest BCUT2D eigenvalue weighted by atomic mass is 15.3. The number of aryl methyl sites for hydroxylation is 1. The van der Waals surface area contributed by atoms with E-state index in [1.807, 2.05) is 16.9 Å². The van der Waals surface area contributed by atoms with Gasteiger partial charge in [0.15, 0.2) is 0 Å². The van der Waals surface area contributed by atoms with Crippen molar-refractivity contribution in [3.05, 3.63) is 18.0 Å². The van der Waals surface area contributed by atoms with Gasteiger partial charge in [0.05, 0.1) is 12.7 Å². The molecule has 4 heteroatoms. The van der Waals surface area contributed by atoms with Gasteiger partial charge < -0.3 is 5.32 Å². The molecule has 0 unspecified atom stereocenters. The number of nitrogens with one attached hydrogen (secondary N) is 1. The Hall–Kier alpha value is -1.31. The van der Waals surface area contributed by atoms with E-state index in [0.717, 1.165) is 51.4 Å². The molecule has 17 heavy (non-hydrogen) atoms. The average Bonchev–Trinajstić information content (AvgIpc) is 2.79. The minimum atomic E-state index is 0.860. The highest BCUT2D eigenvalue weighted by Crippen LogP contribution is 1.98. The molecular weight excluding hydrogens is 212 g/mol. The van der Waals surface area contributed by atoms with Gasteiger partial charge in [-0.1, -0.05) is 12.8 Å². The van der Waals surface area contributed by atoms with E-state index in [9.17, 15) is 0 Å². The monoisotopic (exact) mass is 232 g/mol. The van der Waals surface area contributed by atoms with Crippen LogP contribution in [0.25, 0.3) is 0 Å². The number of nitrogens with zero attached hydrogens (tertiary/aromatic N) is 3. The van der Waals surface area contributed by atoms with Gasteiger partial charge in [-0.15, -0.1) is 0 Å². The summed E-state index contributed by atoms with van der Waals surface area (Å²) in [6, 6.07) is 1.99. The normalized spacial score (nSPS) is 16.5. The number of piperazine rings is 1. The van der Waals surface area contributed by atoms with Crippen molar-refractivity contribution in [1.29, 1.82) is 0 Å². The van der Waals surface area contributed by atoms with Crippen LogP contribution >= 0.6 is 0 Å². The molecule has 1 saturated heterocycles. The van der Waals surface area contributed by atoms with Crippen LogP contribution < -0.4 is 5.32 Å². The molecule has 2 rings (SSSR count). The van der Waals surface area contributed by atoms with Crippen molar-refractivity contribution in [3.8, 4) is 11.8 Å². The average molecular weight is 232 g/mol. The van der Waals surface area contributed by atoms with Crippen LogP contribution in [-0.2, 0) is 6.54 Å². The van der Waals surface area contributed by atoms with E-state index < -0.39 is 0 Å². The van der Waals surface area contributed by atoms with Crippen molar-refractivity contribution in [2.75, 3.05) is 32.7 Å². The Balaban J connectivity index is 1.88. The largest absolute Gasteiger partial charge is 0.314 e. The zero-order valence-electron chi connectivity index (χ0n) is 10.4. The van der Waals surface area contributed by atoms with Crippen LogP contribution in [0.15, 0.2) is 12.3 Å². The molecule has 0 spiro atoms. The molecule has 2 heterocycles. The van der Waals surface area contributed by atoms with Crippen LogP contribution in [0.3, 0.4) is 0 Å². The topological polar surface area (TPSA) is 33.1 Å². The van der Waals surface area contributed by atoms with E-state index in [2.05, 4.69) is 34.1 Å². The first-order valence-electron chi connectivity index (χ1n) is 6.34. The molecule has 92 valence electrons. The van der Waals surface area contributed by atoms with Gasteiger partial charge in [0.1, 0.15) is 5.69 Å². The lowest BCUT2D eigenvalue weighted by atomic mass is 10.3. The molecule has 1 fully saturated rings. The van der Waals surface area contributed by atoms with Crippen LogP contribution in [0.1, 0.15) is 19.0 Å². The predicted octanol–water partition coefficient (Wildman–Crippen LogP) is 0.550. The summed E-state index contributed by atoms with van der Waals surface area (Å²) >= 11 is 0. The van der Waals surface area contributed by atoms with Crippen LogP contribution in [0.5, 0.6) is 0 Å². The summed E-state index contributed by atoms with van der Waals surface area (Å²) in [5.74, 6) is 6.46. The standard InChI is InChI=1S/C13H20N4/c1-2-9-17-13(5-6-15-17)4-3-10-16-11-7-14-8-12-16/h5-6,14H,2,7-12H2,1H3. The van der Waals surface area contributed by atoms with Crippen LogP contribution in [0.4, 0.5) is 0 Å². The van der Waals surface area contributed by atoms with Crippen LogP contribution in [0.2, 0.25) is 0 Å². The fourth-order valence-corrected chi connectivity index (χ4v) is 1.94. The second kappa shape index (κ2) is 6.43. The molecule has 0 amide bonds. The Morgan fingerprint density at radius 2 is 2.24 bits per heavy atom. The van der Waals surface area contributed by atoms with Crippen molar-refractivity contribution in [2.24, 2.45) is 0 Å². The van der Waals surface area contributed by atoms with Gasteiger partial charge in [-0.25, -0.2) is 0 Å². The summed E-state index contributed by atoms with van der Waals surface area (Å²) < 4.78 is 1.98. The van der Waals surface area contributed by atoms with E-state index in [1.165, 1.54) is 0 Å². The highest BCUT2D eigenvalue weighted by molar-refractivity contribution is 5.27. The van der Waals surface area contributed by atoms with E-state index in [0.29, 0.717) is 0 Å². The Bertz CT molecular complexity index is 393. The molecule has 0 radical (unpaired) electrons. The molecule has 1 aromatic heterocycles. The number of rotatable bonds is 3. The second-order valence-corrected chi connectivity index (χ2v) is 4.27. The summed E-state index contributed by atoms with van der Waals surface area (Å²) in [6.45, 7) is 8.32. The molecule has 0 aliphatic carbocycles. The van der Waals surface area contributed by atoms with Gasteiger partial charge >= 0.3 is 0 Å². The van der Waals surface area contributed by atoms with Crippen molar-refractivity contribution in [3.63, 3.8) is 0 Å². The lowest BCUT2D eigenvalue weighted by Gasteiger charge is -2.24. The lowest BCUT2D eigenvalue weighted by Crippen LogP contribution is -2.43. The summed E-state index contributed by atoms with van der Waals surface area (Å²) in [6.07, 6.45) is 2.92. The SMILES string of the molecule is CCCn1nccc1C#CCN1CCNCC1. The third-order valence-electron chi connectivity index (χ3n) is 2.88. The molecule has 1 N–H and O–H groups in total. The second-order valence-electron chi connectivity index (χ2n) is 4.27. The van der Waals surface area contributed by atoms with Gasteiger partial charge in [0.25, 0.3) is 0 Å². The molecule has 1 aliphatic heterocycles. The van der Waals surface area contributed by atoms with Gasteiger partial charge in [-0.3, -0.25) is 9.58 Å². The van der Waals surface area contributed by atoms with E-state index in [-0.39, 0.29) is 0 Å². The summed E-state index contributed by atoms with van der Waals surface area (Å²) in [7, 11) is 0. The first kappa shape index (κ1) is 12.2. The minimum absolute atomic E-state index is 0.860. The van der Waals surface area contributed by atoms with Gasteiger partial charge in [-0.2, -0.15) is 5.10 Å². The number of aromatic nitrogens is 2. The van der Waals surface area contributed by atoms with Crippen LogP contribution in [-0.4, -0.2) is 47.4 Å². The first-order chi connectivity index (χ1) is 8.40. The maximum Gasteiger partial charge on any atom is 0.111 e. The number of hydrogen-bond acceptors (Lipinski definition) is 3. The van der Waals surface area contributed by atoms with Crippen LogP contribution in [0, 0.1) is 11.8 Å². The molecular formula is C13H20N4.